The molecule has 0 bridgehead atoms. The molecule has 0 aromatic heterocycles. The molecule has 10 heavy (non-hydrogen) atoms. The summed E-state index contributed by atoms with van der Waals surface area (Å²) in [5, 5.41) is 12.8. The van der Waals surface area contributed by atoms with Crippen LogP contribution in [-0.2, 0) is 4.94 Å². The van der Waals surface area contributed by atoms with Crippen molar-refractivity contribution in [3.8, 4) is 0 Å². The standard InChI is InChI=1S/C4H8N2O.C2H5N/c1-3-5-7-6-4-2;1-2-3/h3-4H,1-2H3;2-3H,1H3. The fourth-order valence-electron chi connectivity index (χ4n) is 0.121. The molecule has 0 radical (unpaired) electrons. The van der Waals surface area contributed by atoms with Crippen molar-refractivity contribution in [2.75, 3.05) is 0 Å². The van der Waals surface area contributed by atoms with E-state index in [1.165, 1.54) is 18.6 Å². The van der Waals surface area contributed by atoms with Crippen LogP contribution in [0.3, 0.4) is 0 Å². The van der Waals surface area contributed by atoms with Crippen molar-refractivity contribution in [3.05, 3.63) is 0 Å². The van der Waals surface area contributed by atoms with Crippen molar-refractivity contribution in [3.63, 3.8) is 0 Å². The molecule has 0 rings (SSSR count). The van der Waals surface area contributed by atoms with Crippen LogP contribution in [0.5, 0.6) is 0 Å². The molecule has 0 aliphatic heterocycles. The number of rotatable bonds is 2. The maximum atomic E-state index is 6.08. The van der Waals surface area contributed by atoms with Crippen molar-refractivity contribution in [2.45, 2.75) is 20.8 Å². The first-order valence-electron chi connectivity index (χ1n) is 2.90. The lowest BCUT2D eigenvalue weighted by atomic mass is 10.9. The van der Waals surface area contributed by atoms with E-state index in [0.717, 1.165) is 0 Å². The number of hydrogen-bond donors (Lipinski definition) is 1. The third-order valence-corrected chi connectivity index (χ3v) is 0.305. The van der Waals surface area contributed by atoms with Gasteiger partial charge < -0.3 is 5.41 Å². The Morgan fingerprint density at radius 3 is 1.60 bits per heavy atom. The fraction of sp³-hybridized carbons (Fsp3) is 0.500. The first-order valence-corrected chi connectivity index (χ1v) is 2.90. The average Bonchev–Trinajstić information content (AvgIpc) is 1.91. The summed E-state index contributed by atoms with van der Waals surface area (Å²) < 4.78 is 0. The van der Waals surface area contributed by atoms with Gasteiger partial charge in [-0.1, -0.05) is 10.3 Å². The van der Waals surface area contributed by atoms with Gasteiger partial charge in [0, 0.05) is 12.4 Å². The van der Waals surface area contributed by atoms with Crippen LogP contribution < -0.4 is 0 Å². The third kappa shape index (κ3) is 29.1. The Bertz CT molecular complexity index is 99.6. The van der Waals surface area contributed by atoms with Gasteiger partial charge in [-0.25, -0.2) is 4.94 Å². The number of oxime groups is 2. The normalized spacial score (nSPS) is 9.10. The molecule has 4 heteroatoms. The highest BCUT2D eigenvalue weighted by atomic mass is 16.8. The number of nitrogens with one attached hydrogen (secondary N) is 1. The first kappa shape index (κ1) is 11.6. The Morgan fingerprint density at radius 2 is 1.40 bits per heavy atom. The molecule has 0 aliphatic rings. The van der Waals surface area contributed by atoms with Crippen LogP contribution in [0.1, 0.15) is 20.8 Å². The van der Waals surface area contributed by atoms with E-state index >= 15 is 0 Å². The van der Waals surface area contributed by atoms with E-state index < -0.39 is 0 Å². The molecule has 0 aromatic rings. The summed E-state index contributed by atoms with van der Waals surface area (Å²) >= 11 is 0. The highest BCUT2D eigenvalue weighted by molar-refractivity contribution is 5.53. The summed E-state index contributed by atoms with van der Waals surface area (Å²) in [7, 11) is 0. The lowest BCUT2D eigenvalue weighted by Gasteiger charge is -1.77. The van der Waals surface area contributed by atoms with Crippen LogP contribution in [0.4, 0.5) is 0 Å². The minimum Gasteiger partial charge on any atom is -0.313 e. The molecule has 0 saturated heterocycles. The first-order chi connectivity index (χ1) is 4.83. The number of hydrogen-bond acceptors (Lipinski definition) is 4. The zero-order valence-corrected chi connectivity index (χ0v) is 6.53. The third-order valence-electron chi connectivity index (χ3n) is 0.305. The maximum Gasteiger partial charge on any atom is 0.0439 e. The van der Waals surface area contributed by atoms with E-state index in [0.29, 0.717) is 0 Å². The van der Waals surface area contributed by atoms with Gasteiger partial charge in [0.1, 0.15) is 0 Å². The van der Waals surface area contributed by atoms with Gasteiger partial charge in [-0.05, 0) is 27.0 Å². The summed E-state index contributed by atoms with van der Waals surface area (Å²) in [6.45, 7) is 5.18. The minimum atomic E-state index is 1.25. The van der Waals surface area contributed by atoms with Gasteiger partial charge in [0.15, 0.2) is 0 Å². The highest BCUT2D eigenvalue weighted by Gasteiger charge is 1.58. The van der Waals surface area contributed by atoms with Crippen molar-refractivity contribution in [1.82, 2.24) is 0 Å². The molecule has 1 N–H and O–H groups in total. The lowest BCUT2D eigenvalue weighted by molar-refractivity contribution is 0.158. The van der Waals surface area contributed by atoms with E-state index in [4.69, 9.17) is 5.41 Å². The lowest BCUT2D eigenvalue weighted by Crippen LogP contribution is -1.67. The highest BCUT2D eigenvalue weighted by Crippen LogP contribution is 1.70. The second kappa shape index (κ2) is 15.7. The molecule has 0 aliphatic carbocycles. The Balaban J connectivity index is 0. The monoisotopic (exact) mass is 143 g/mol. The van der Waals surface area contributed by atoms with Crippen molar-refractivity contribution in [2.24, 2.45) is 10.3 Å². The van der Waals surface area contributed by atoms with E-state index in [-0.39, 0.29) is 0 Å². The van der Waals surface area contributed by atoms with E-state index in [1.54, 1.807) is 20.8 Å². The van der Waals surface area contributed by atoms with Crippen LogP contribution >= 0.6 is 0 Å². The van der Waals surface area contributed by atoms with Crippen LogP contribution in [0, 0.1) is 5.41 Å². The van der Waals surface area contributed by atoms with Gasteiger partial charge >= 0.3 is 0 Å². The second-order valence-electron chi connectivity index (χ2n) is 1.10. The maximum absolute atomic E-state index is 6.08. The second-order valence-corrected chi connectivity index (χ2v) is 1.10. The summed E-state index contributed by atoms with van der Waals surface area (Å²) in [6.07, 6.45) is 4.29. The molecule has 0 spiro atoms. The molecular weight excluding hydrogens is 130 g/mol. The van der Waals surface area contributed by atoms with Gasteiger partial charge in [0.2, 0.25) is 0 Å². The summed E-state index contributed by atoms with van der Waals surface area (Å²) in [5.41, 5.74) is 0. The molecule has 0 aromatic carbocycles. The van der Waals surface area contributed by atoms with Gasteiger partial charge in [0.25, 0.3) is 0 Å². The Morgan fingerprint density at radius 1 is 1.10 bits per heavy atom. The topological polar surface area (TPSA) is 57.8 Å². The van der Waals surface area contributed by atoms with Crippen molar-refractivity contribution >= 4 is 18.6 Å². The van der Waals surface area contributed by atoms with Gasteiger partial charge in [-0.3, -0.25) is 0 Å². The SMILES string of the molecule is CC=N.CC=NON=CC. The molecule has 0 atom stereocenters. The zero-order chi connectivity index (χ0) is 8.24. The molecule has 0 fully saturated rings. The van der Waals surface area contributed by atoms with E-state index in [1.807, 2.05) is 0 Å². The molecule has 0 unspecified atom stereocenters. The van der Waals surface area contributed by atoms with Crippen molar-refractivity contribution in [1.29, 1.82) is 5.41 Å². The van der Waals surface area contributed by atoms with Gasteiger partial charge in [-0.15, -0.1) is 0 Å². The van der Waals surface area contributed by atoms with Crippen molar-refractivity contribution < 1.29 is 4.94 Å². The van der Waals surface area contributed by atoms with Crippen LogP contribution in [-0.4, -0.2) is 18.6 Å². The zero-order valence-electron chi connectivity index (χ0n) is 6.53. The smallest absolute Gasteiger partial charge is 0.0439 e. The summed E-state index contributed by atoms with van der Waals surface area (Å²) in [6, 6.07) is 0. The summed E-state index contributed by atoms with van der Waals surface area (Å²) in [5.74, 6) is 0. The fourth-order valence-corrected chi connectivity index (χ4v) is 0.121. The molecule has 0 amide bonds. The Kier molecular flexibility index (Phi) is 18.1. The molecule has 58 valence electrons. The predicted molar refractivity (Wildman–Crippen MR) is 43.9 cm³/mol. The van der Waals surface area contributed by atoms with Crippen LogP contribution in [0.15, 0.2) is 10.3 Å². The minimum absolute atomic E-state index is 1.25. The van der Waals surface area contributed by atoms with Gasteiger partial charge in [-0.2, -0.15) is 0 Å². The van der Waals surface area contributed by atoms with Crippen LogP contribution in [0.25, 0.3) is 0 Å². The van der Waals surface area contributed by atoms with E-state index in [9.17, 15) is 0 Å². The quantitative estimate of drug-likeness (QED) is 0.464. The van der Waals surface area contributed by atoms with Crippen LogP contribution in [0.2, 0.25) is 0 Å². The largest absolute Gasteiger partial charge is 0.313 e. The molecular formula is C6H13N3O. The molecule has 4 nitrogen and oxygen atoms in total. The van der Waals surface area contributed by atoms with E-state index in [2.05, 4.69) is 15.2 Å². The number of nitrogens with zero attached hydrogens (tertiary/aromatic N) is 2. The molecule has 0 heterocycles. The Labute approximate surface area is 61.1 Å². The predicted octanol–water partition coefficient (Wildman–Crippen LogP) is 1.67. The Hall–Kier alpha value is -1.19. The van der Waals surface area contributed by atoms with Gasteiger partial charge in [0.05, 0.1) is 0 Å². The molecule has 0 saturated carbocycles. The average molecular weight is 143 g/mol. The summed E-state index contributed by atoms with van der Waals surface area (Å²) in [4.78, 5) is 4.27.